The van der Waals surface area contributed by atoms with Crippen molar-refractivity contribution in [1.82, 2.24) is 0 Å². The number of carbonyl (C=O) groups is 1. The highest BCUT2D eigenvalue weighted by atomic mass is 19.4. The van der Waals surface area contributed by atoms with Crippen LogP contribution in [-0.4, -0.2) is 13.1 Å². The summed E-state index contributed by atoms with van der Waals surface area (Å²) in [4.78, 5) is 10.9. The first-order valence-corrected chi connectivity index (χ1v) is 4.47. The van der Waals surface area contributed by atoms with E-state index in [0.29, 0.717) is 0 Å². The van der Waals surface area contributed by atoms with Gasteiger partial charge in [-0.25, -0.2) is 4.79 Å². The second-order valence-electron chi connectivity index (χ2n) is 3.04. The number of halogens is 3. The molecule has 0 heterocycles. The van der Waals surface area contributed by atoms with Crippen LogP contribution in [0.15, 0.2) is 36.6 Å². The van der Waals surface area contributed by atoms with Gasteiger partial charge in [-0.15, -0.1) is 0 Å². The molecule has 0 N–H and O–H groups in total. The second kappa shape index (κ2) is 4.90. The molecule has 0 radical (unpaired) electrons. The summed E-state index contributed by atoms with van der Waals surface area (Å²) >= 11 is 0. The lowest BCUT2D eigenvalue weighted by Crippen LogP contribution is -2.10. The summed E-state index contributed by atoms with van der Waals surface area (Å²) in [7, 11) is 1.11. The molecule has 6 heteroatoms. The molecule has 1 aromatic rings. The molecule has 17 heavy (non-hydrogen) atoms. The minimum absolute atomic E-state index is 0.129. The van der Waals surface area contributed by atoms with Crippen molar-refractivity contribution in [2.24, 2.45) is 0 Å². The molecule has 0 unspecified atom stereocenters. The van der Waals surface area contributed by atoms with Crippen molar-refractivity contribution in [3.8, 4) is 5.75 Å². The van der Waals surface area contributed by atoms with Crippen molar-refractivity contribution in [3.05, 3.63) is 42.2 Å². The Morgan fingerprint density at radius 3 is 2.53 bits per heavy atom. The Balaban J connectivity index is 2.87. The van der Waals surface area contributed by atoms with E-state index < -0.39 is 17.7 Å². The van der Waals surface area contributed by atoms with Gasteiger partial charge in [0.25, 0.3) is 0 Å². The SMILES string of the molecule is C=C(Oc1cccc(C(F)(F)F)c1)C(=O)OC. The van der Waals surface area contributed by atoms with Gasteiger partial charge in [-0.3, -0.25) is 0 Å². The van der Waals surface area contributed by atoms with Crippen molar-refractivity contribution >= 4 is 5.97 Å². The molecule has 1 aromatic carbocycles. The minimum Gasteiger partial charge on any atom is -0.463 e. The van der Waals surface area contributed by atoms with Crippen molar-refractivity contribution in [2.45, 2.75) is 6.18 Å². The Morgan fingerprint density at radius 1 is 1.35 bits per heavy atom. The van der Waals surface area contributed by atoms with Gasteiger partial charge in [-0.05, 0) is 24.8 Å². The number of benzene rings is 1. The van der Waals surface area contributed by atoms with Gasteiger partial charge in [0.2, 0.25) is 5.76 Å². The minimum atomic E-state index is -4.47. The first kappa shape index (κ1) is 13.1. The zero-order valence-corrected chi connectivity index (χ0v) is 8.88. The van der Waals surface area contributed by atoms with E-state index in [-0.39, 0.29) is 11.5 Å². The topological polar surface area (TPSA) is 35.5 Å². The Morgan fingerprint density at radius 2 is 2.00 bits per heavy atom. The lowest BCUT2D eigenvalue weighted by Gasteiger charge is -2.10. The molecule has 1 rings (SSSR count). The number of hydrogen-bond donors (Lipinski definition) is 0. The number of ether oxygens (including phenoxy) is 2. The second-order valence-corrected chi connectivity index (χ2v) is 3.04. The molecule has 0 aromatic heterocycles. The van der Waals surface area contributed by atoms with Crippen LogP contribution in [0.1, 0.15) is 5.56 Å². The Hall–Kier alpha value is -1.98. The average molecular weight is 246 g/mol. The molecule has 0 aliphatic heterocycles. The number of methoxy groups -OCH3 is 1. The van der Waals surface area contributed by atoms with E-state index in [0.717, 1.165) is 19.2 Å². The molecule has 0 bridgehead atoms. The van der Waals surface area contributed by atoms with Crippen LogP contribution in [0.2, 0.25) is 0 Å². The van der Waals surface area contributed by atoms with Crippen LogP contribution in [0.5, 0.6) is 5.75 Å². The molecular formula is C11H9F3O3. The molecule has 0 spiro atoms. The van der Waals surface area contributed by atoms with Gasteiger partial charge in [-0.1, -0.05) is 6.07 Å². The maximum absolute atomic E-state index is 12.4. The smallest absolute Gasteiger partial charge is 0.416 e. The fourth-order valence-electron chi connectivity index (χ4n) is 1.03. The summed E-state index contributed by atoms with van der Waals surface area (Å²) in [6.45, 7) is 3.23. The number of hydrogen-bond acceptors (Lipinski definition) is 3. The third-order valence-corrected chi connectivity index (χ3v) is 1.82. The number of rotatable bonds is 3. The molecule has 0 atom stereocenters. The van der Waals surface area contributed by atoms with E-state index in [1.165, 1.54) is 12.1 Å². The fraction of sp³-hybridized carbons (Fsp3) is 0.182. The third-order valence-electron chi connectivity index (χ3n) is 1.82. The van der Waals surface area contributed by atoms with Crippen LogP contribution in [-0.2, 0) is 15.7 Å². The predicted molar refractivity (Wildman–Crippen MR) is 53.2 cm³/mol. The Labute approximate surface area is 95.5 Å². The average Bonchev–Trinajstić information content (AvgIpc) is 2.27. The fourth-order valence-corrected chi connectivity index (χ4v) is 1.03. The molecule has 0 fully saturated rings. The number of alkyl halides is 3. The summed E-state index contributed by atoms with van der Waals surface area (Å²) < 4.78 is 46.2. The van der Waals surface area contributed by atoms with E-state index >= 15 is 0 Å². The highest BCUT2D eigenvalue weighted by molar-refractivity contribution is 5.85. The molecule has 92 valence electrons. The van der Waals surface area contributed by atoms with Crippen molar-refractivity contribution in [2.75, 3.05) is 7.11 Å². The largest absolute Gasteiger partial charge is 0.463 e. The molecule has 0 aliphatic carbocycles. The van der Waals surface area contributed by atoms with Crippen LogP contribution in [0.3, 0.4) is 0 Å². The molecule has 3 nitrogen and oxygen atoms in total. The van der Waals surface area contributed by atoms with E-state index in [9.17, 15) is 18.0 Å². The van der Waals surface area contributed by atoms with Crippen LogP contribution in [0.25, 0.3) is 0 Å². The summed E-state index contributed by atoms with van der Waals surface area (Å²) in [5.74, 6) is -1.36. The van der Waals surface area contributed by atoms with Crippen molar-refractivity contribution in [1.29, 1.82) is 0 Å². The van der Waals surface area contributed by atoms with Gasteiger partial charge in [-0.2, -0.15) is 13.2 Å². The molecule has 0 saturated heterocycles. The van der Waals surface area contributed by atoms with Gasteiger partial charge >= 0.3 is 12.1 Å². The summed E-state index contributed by atoms with van der Waals surface area (Å²) in [6, 6.07) is 4.12. The van der Waals surface area contributed by atoms with Crippen LogP contribution >= 0.6 is 0 Å². The van der Waals surface area contributed by atoms with Crippen LogP contribution in [0.4, 0.5) is 13.2 Å². The molecular weight excluding hydrogens is 237 g/mol. The van der Waals surface area contributed by atoms with Crippen molar-refractivity contribution < 1.29 is 27.4 Å². The Kier molecular flexibility index (Phi) is 3.77. The number of esters is 1. The summed E-state index contributed by atoms with van der Waals surface area (Å²) in [6.07, 6.45) is -4.47. The quantitative estimate of drug-likeness (QED) is 0.467. The summed E-state index contributed by atoms with van der Waals surface area (Å²) in [5, 5.41) is 0. The zero-order chi connectivity index (χ0) is 13.1. The van der Waals surface area contributed by atoms with E-state index in [1.54, 1.807) is 0 Å². The molecule has 0 aliphatic rings. The van der Waals surface area contributed by atoms with Gasteiger partial charge in [0.05, 0.1) is 12.7 Å². The monoisotopic (exact) mass is 246 g/mol. The first-order valence-electron chi connectivity index (χ1n) is 4.47. The molecule has 0 amide bonds. The highest BCUT2D eigenvalue weighted by Gasteiger charge is 2.30. The van der Waals surface area contributed by atoms with E-state index in [1.807, 2.05) is 0 Å². The van der Waals surface area contributed by atoms with Gasteiger partial charge in [0.15, 0.2) is 0 Å². The van der Waals surface area contributed by atoms with Gasteiger partial charge < -0.3 is 9.47 Å². The lowest BCUT2D eigenvalue weighted by molar-refractivity contribution is -0.138. The number of carbonyl (C=O) groups excluding carboxylic acids is 1. The van der Waals surface area contributed by atoms with Gasteiger partial charge in [0, 0.05) is 0 Å². The van der Waals surface area contributed by atoms with E-state index in [4.69, 9.17) is 4.74 Å². The third kappa shape index (κ3) is 3.51. The van der Waals surface area contributed by atoms with Gasteiger partial charge in [0.1, 0.15) is 5.75 Å². The Bertz CT molecular complexity index is 438. The maximum Gasteiger partial charge on any atom is 0.416 e. The maximum atomic E-state index is 12.4. The van der Waals surface area contributed by atoms with E-state index in [2.05, 4.69) is 11.3 Å². The zero-order valence-electron chi connectivity index (χ0n) is 8.88. The standard InChI is InChI=1S/C11H9F3O3/c1-7(10(15)16-2)17-9-5-3-4-8(6-9)11(12,13)14/h3-6H,1H2,2H3. The first-order chi connectivity index (χ1) is 7.84. The summed E-state index contributed by atoms with van der Waals surface area (Å²) in [5.41, 5.74) is -0.868. The highest BCUT2D eigenvalue weighted by Crippen LogP contribution is 2.31. The van der Waals surface area contributed by atoms with Crippen LogP contribution in [0, 0.1) is 0 Å². The predicted octanol–water partition coefficient (Wildman–Crippen LogP) is 2.77. The lowest BCUT2D eigenvalue weighted by atomic mass is 10.2. The molecule has 0 saturated carbocycles. The van der Waals surface area contributed by atoms with Crippen molar-refractivity contribution in [3.63, 3.8) is 0 Å². The normalized spacial score (nSPS) is 10.8. The van der Waals surface area contributed by atoms with Crippen LogP contribution < -0.4 is 4.74 Å².